The van der Waals surface area contributed by atoms with Crippen molar-refractivity contribution in [2.75, 3.05) is 0 Å². The smallest absolute Gasteiger partial charge is 0.0134 e. The molecule has 7 rings (SSSR count). The van der Waals surface area contributed by atoms with Crippen LogP contribution in [0.4, 0.5) is 0 Å². The van der Waals surface area contributed by atoms with E-state index in [-0.39, 0.29) is 24.8 Å². The van der Waals surface area contributed by atoms with E-state index < -0.39 is 15.8 Å². The van der Waals surface area contributed by atoms with Crippen LogP contribution in [0.25, 0.3) is 0 Å². The van der Waals surface area contributed by atoms with E-state index in [4.69, 9.17) is 0 Å². The van der Waals surface area contributed by atoms with Crippen LogP contribution >= 0.6 is 15.8 Å². The van der Waals surface area contributed by atoms with Crippen molar-refractivity contribution in [1.82, 2.24) is 0 Å². The number of benzene rings is 7. The molecule has 0 nitrogen and oxygen atoms in total. The Morgan fingerprint density at radius 2 is 0.438 bits per heavy atom. The molecule has 0 bridgehead atoms. The molecule has 0 aliphatic rings. The molecule has 0 radical (unpaired) electrons. The molecular weight excluding hydrogens is 756 g/mol. The van der Waals surface area contributed by atoms with Gasteiger partial charge in [0.25, 0.3) is 0 Å². The fraction of sp³-hybridized carbons (Fsp3) is 0.0233. The van der Waals surface area contributed by atoms with Crippen molar-refractivity contribution in [3.63, 3.8) is 0 Å². The summed E-state index contributed by atoms with van der Waals surface area (Å²) in [6.45, 7) is 0. The van der Waals surface area contributed by atoms with Gasteiger partial charge in [-0.25, -0.2) is 0 Å². The van der Waals surface area contributed by atoms with E-state index in [1.165, 1.54) is 37.4 Å². The molecule has 0 saturated heterocycles. The monoisotopic (exact) mass is 791 g/mol. The van der Waals surface area contributed by atoms with E-state index in [0.29, 0.717) is 0 Å². The van der Waals surface area contributed by atoms with Crippen LogP contribution in [0.15, 0.2) is 212 Å². The second-order valence-corrected chi connectivity index (χ2v) is 15.3. The molecule has 0 fully saturated rings. The van der Waals surface area contributed by atoms with Gasteiger partial charge in [-0.3, -0.25) is 0 Å². The second-order valence-electron chi connectivity index (χ2n) is 10.3. The van der Waals surface area contributed by atoms with Crippen molar-refractivity contribution in [2.45, 2.75) is 4.89 Å². The summed E-state index contributed by atoms with van der Waals surface area (Å²) in [5.41, 5.74) is 1.34. The standard InChI is InChI=1S/2C18H15P.C7H7.2ClH.Pd/c2*1-4-10-16(11-5-1)19(17-12-6-2-7-13-17)18-14-8-3-9-15-18;1-7-5-3-2-4-6-7;;;/h2*1-15H;2-6H,1H2;2*1H;/q;;;;;+2/p-2. The average molecular weight is 793 g/mol. The van der Waals surface area contributed by atoms with Crippen LogP contribution in [0.2, 0.25) is 0 Å². The maximum atomic E-state index is 3.12. The molecule has 0 heterocycles. The quantitative estimate of drug-likeness (QED) is 0.172. The fourth-order valence-corrected chi connectivity index (χ4v) is 9.89. The first kappa shape index (κ1) is 39.1. The minimum atomic E-state index is -0.446. The Bertz CT molecular complexity index is 1490. The zero-order chi connectivity index (χ0) is 31.7. The summed E-state index contributed by atoms with van der Waals surface area (Å²) in [5, 5.41) is 8.39. The van der Waals surface area contributed by atoms with Crippen molar-refractivity contribution in [3.8, 4) is 0 Å². The summed E-state index contributed by atoms with van der Waals surface area (Å²) in [5.74, 6) is 0. The molecule has 48 heavy (non-hydrogen) atoms. The average Bonchev–Trinajstić information content (AvgIpc) is 3.15. The van der Waals surface area contributed by atoms with Crippen molar-refractivity contribution < 1.29 is 44.0 Å². The molecular formula is C43H37Cl2P2Pd. The maximum Gasteiger partial charge on any atom is -0.0134 e. The first-order valence-electron chi connectivity index (χ1n) is 15.3. The minimum absolute atomic E-state index is 0. The molecule has 243 valence electrons. The minimum Gasteiger partial charge on any atom is -0.0622 e. The Hall–Kier alpha value is -3.36. The van der Waals surface area contributed by atoms with E-state index in [2.05, 4.69) is 213 Å². The van der Waals surface area contributed by atoms with Gasteiger partial charge in [-0.15, -0.1) is 0 Å². The molecule has 0 unspecified atom stereocenters. The van der Waals surface area contributed by atoms with Crippen LogP contribution < -0.4 is 56.6 Å². The van der Waals surface area contributed by atoms with Gasteiger partial charge in [0.2, 0.25) is 0 Å². The Kier molecular flexibility index (Phi) is 18.2. The van der Waals surface area contributed by atoms with Crippen LogP contribution in [0.5, 0.6) is 0 Å². The Morgan fingerprint density at radius 3 is 0.583 bits per heavy atom. The SMILES string of the molecule is [Cl-].[Cl-].[Pd+2][CH2]c1ccccc1.c1ccc(P(c2ccccc2)c2ccccc2)cc1.c1ccc(P(c2ccccc2)c2ccccc2)cc1. The number of hydrogen-bond donors (Lipinski definition) is 0. The Labute approximate surface area is 312 Å². The summed E-state index contributed by atoms with van der Waals surface area (Å²) in [6, 6.07) is 75.0. The number of hydrogen-bond acceptors (Lipinski definition) is 0. The van der Waals surface area contributed by atoms with Crippen molar-refractivity contribution in [2.24, 2.45) is 0 Å². The summed E-state index contributed by atoms with van der Waals surface area (Å²) < 4.78 is 0. The molecule has 0 atom stereocenters. The van der Waals surface area contributed by atoms with Gasteiger partial charge in [-0.05, 0) is 47.7 Å². The van der Waals surface area contributed by atoms with E-state index in [1.807, 2.05) is 18.2 Å². The van der Waals surface area contributed by atoms with Gasteiger partial charge in [0.1, 0.15) is 0 Å². The van der Waals surface area contributed by atoms with E-state index in [1.54, 1.807) is 0 Å². The van der Waals surface area contributed by atoms with Crippen LogP contribution in [0.3, 0.4) is 0 Å². The molecule has 0 saturated carbocycles. The van der Waals surface area contributed by atoms with Gasteiger partial charge >= 0.3 is 60.0 Å². The second kappa shape index (κ2) is 22.3. The van der Waals surface area contributed by atoms with E-state index in [0.717, 1.165) is 4.89 Å². The molecule has 5 heteroatoms. The van der Waals surface area contributed by atoms with Gasteiger partial charge in [0, 0.05) is 0 Å². The Balaban J connectivity index is 0.000000206. The van der Waals surface area contributed by atoms with Gasteiger partial charge in [-0.2, -0.15) is 0 Å². The van der Waals surface area contributed by atoms with Crippen LogP contribution in [-0.4, -0.2) is 0 Å². The van der Waals surface area contributed by atoms with E-state index in [9.17, 15) is 0 Å². The first-order chi connectivity index (χ1) is 22.8. The summed E-state index contributed by atoms with van der Waals surface area (Å²) in [7, 11) is -0.892. The predicted octanol–water partition coefficient (Wildman–Crippen LogP) is 2.63. The van der Waals surface area contributed by atoms with Crippen LogP contribution in [0, 0.1) is 0 Å². The maximum absolute atomic E-state index is 3.12. The predicted molar refractivity (Wildman–Crippen MR) is 200 cm³/mol. The zero-order valence-corrected chi connectivity index (χ0v) is 31.2. The molecule has 0 spiro atoms. The van der Waals surface area contributed by atoms with Gasteiger partial charge in [-0.1, -0.05) is 182 Å². The van der Waals surface area contributed by atoms with Crippen LogP contribution in [-0.2, 0) is 24.1 Å². The molecule has 0 aliphatic carbocycles. The Morgan fingerprint density at radius 1 is 0.271 bits per heavy atom. The van der Waals surface area contributed by atoms with Crippen LogP contribution in [0.1, 0.15) is 5.56 Å². The van der Waals surface area contributed by atoms with Crippen molar-refractivity contribution in [1.29, 1.82) is 0 Å². The topological polar surface area (TPSA) is 0 Å². The number of rotatable bonds is 7. The number of halogens is 2. The third-order valence-corrected chi connectivity index (χ3v) is 12.6. The fourth-order valence-electron chi connectivity index (χ4n) is 4.91. The third kappa shape index (κ3) is 12.0. The molecule has 7 aromatic carbocycles. The van der Waals surface area contributed by atoms with E-state index >= 15 is 0 Å². The first-order valence-corrected chi connectivity index (χ1v) is 19.1. The van der Waals surface area contributed by atoms with Gasteiger partial charge in [0.15, 0.2) is 0 Å². The largest absolute Gasteiger partial charge is 0.0622 e. The molecule has 7 aromatic rings. The van der Waals surface area contributed by atoms with Gasteiger partial charge < -0.3 is 24.8 Å². The van der Waals surface area contributed by atoms with Crippen molar-refractivity contribution >= 4 is 47.7 Å². The third-order valence-electron chi connectivity index (χ3n) is 7.06. The molecule has 0 N–H and O–H groups in total. The zero-order valence-electron chi connectivity index (χ0n) is 26.4. The summed E-state index contributed by atoms with van der Waals surface area (Å²) in [6.07, 6.45) is 0. The normalized spacial score (nSPS) is 9.90. The van der Waals surface area contributed by atoms with Crippen molar-refractivity contribution in [3.05, 3.63) is 218 Å². The molecule has 0 aliphatic heterocycles. The summed E-state index contributed by atoms with van der Waals surface area (Å²) >= 11 is 3.12. The molecule has 0 amide bonds. The molecule has 0 aromatic heterocycles. The summed E-state index contributed by atoms with van der Waals surface area (Å²) in [4.78, 5) is 0.990. The van der Waals surface area contributed by atoms with Gasteiger partial charge in [0.05, 0.1) is 0 Å².